The molecule has 1 fully saturated rings. The first-order valence-electron chi connectivity index (χ1n) is 8.93. The average Bonchev–Trinajstić information content (AvgIpc) is 2.99. The number of carbonyl (C=O) groups excluding carboxylic acids is 1. The number of thiazole rings is 1. The van der Waals surface area contributed by atoms with Gasteiger partial charge in [0.2, 0.25) is 5.91 Å². The number of aromatic nitrogens is 1. The third kappa shape index (κ3) is 4.28. The summed E-state index contributed by atoms with van der Waals surface area (Å²) in [5, 5.41) is 2.11. The Morgan fingerprint density at radius 3 is 2.60 bits per heavy atom. The maximum Gasteiger partial charge on any atom is 0.232 e. The molecular weight excluding hydrogens is 330 g/mol. The van der Waals surface area contributed by atoms with Gasteiger partial charge >= 0.3 is 0 Å². The van der Waals surface area contributed by atoms with E-state index < -0.39 is 5.41 Å². The molecule has 4 nitrogen and oxygen atoms in total. The molecule has 1 aromatic heterocycles. The number of nitrogens with zero attached hydrogens (tertiary/aromatic N) is 3. The van der Waals surface area contributed by atoms with Gasteiger partial charge in [-0.2, -0.15) is 0 Å². The molecule has 0 N–H and O–H groups in total. The minimum atomic E-state index is -0.488. The first-order valence-corrected chi connectivity index (χ1v) is 9.87. The molecule has 0 aliphatic carbocycles. The van der Waals surface area contributed by atoms with Gasteiger partial charge in [-0.25, -0.2) is 4.98 Å². The lowest BCUT2D eigenvalue weighted by molar-refractivity contribution is -0.136. The second kappa shape index (κ2) is 7.67. The standard InChI is InChI=1S/C20H27N3OS/c1-16-5-7-17(8-6-16)20(2,3)19(24)23-10-4-9-22(11-12-23)13-18-14-25-15-21-18/h5-8,14-15H,4,9-13H2,1-3H3. The van der Waals surface area contributed by atoms with Gasteiger partial charge in [-0.05, 0) is 32.8 Å². The van der Waals surface area contributed by atoms with Gasteiger partial charge in [0.25, 0.3) is 0 Å². The molecule has 2 aromatic rings. The van der Waals surface area contributed by atoms with Gasteiger partial charge in [-0.15, -0.1) is 11.3 Å². The summed E-state index contributed by atoms with van der Waals surface area (Å²) < 4.78 is 0. The Bertz CT molecular complexity index is 694. The summed E-state index contributed by atoms with van der Waals surface area (Å²) in [4.78, 5) is 22.0. The van der Waals surface area contributed by atoms with Crippen molar-refractivity contribution in [3.63, 3.8) is 0 Å². The van der Waals surface area contributed by atoms with Gasteiger partial charge < -0.3 is 4.90 Å². The highest BCUT2D eigenvalue weighted by atomic mass is 32.1. The SMILES string of the molecule is Cc1ccc(C(C)(C)C(=O)N2CCCN(Cc3cscn3)CC2)cc1. The van der Waals surface area contributed by atoms with Crippen LogP contribution in [-0.4, -0.2) is 46.9 Å². The van der Waals surface area contributed by atoms with E-state index in [-0.39, 0.29) is 5.91 Å². The maximum atomic E-state index is 13.2. The summed E-state index contributed by atoms with van der Waals surface area (Å²) >= 11 is 1.64. The Hall–Kier alpha value is -1.72. The van der Waals surface area contributed by atoms with E-state index in [0.29, 0.717) is 0 Å². The molecule has 0 saturated carbocycles. The van der Waals surface area contributed by atoms with Crippen LogP contribution >= 0.6 is 11.3 Å². The molecule has 1 amide bonds. The van der Waals surface area contributed by atoms with Gasteiger partial charge in [0.05, 0.1) is 16.6 Å². The summed E-state index contributed by atoms with van der Waals surface area (Å²) in [6.45, 7) is 10.6. The molecule has 1 aromatic carbocycles. The van der Waals surface area contributed by atoms with Crippen molar-refractivity contribution >= 4 is 17.2 Å². The van der Waals surface area contributed by atoms with Gasteiger partial charge in [0.1, 0.15) is 0 Å². The number of hydrogen-bond acceptors (Lipinski definition) is 4. The first-order chi connectivity index (χ1) is 12.0. The molecule has 3 rings (SSSR count). The summed E-state index contributed by atoms with van der Waals surface area (Å²) in [7, 11) is 0. The van der Waals surface area contributed by atoms with Gasteiger partial charge in [0.15, 0.2) is 0 Å². The Kier molecular flexibility index (Phi) is 5.54. The molecule has 134 valence electrons. The Morgan fingerprint density at radius 1 is 1.16 bits per heavy atom. The third-order valence-electron chi connectivity index (χ3n) is 5.05. The van der Waals surface area contributed by atoms with E-state index in [1.807, 2.05) is 24.3 Å². The number of rotatable bonds is 4. The van der Waals surface area contributed by atoms with Crippen molar-refractivity contribution in [3.8, 4) is 0 Å². The monoisotopic (exact) mass is 357 g/mol. The van der Waals surface area contributed by atoms with Crippen LogP contribution in [0.2, 0.25) is 0 Å². The molecule has 2 heterocycles. The second-order valence-corrected chi connectivity index (χ2v) is 8.11. The van der Waals surface area contributed by atoms with Crippen molar-refractivity contribution < 1.29 is 4.79 Å². The van der Waals surface area contributed by atoms with Crippen LogP contribution in [0.25, 0.3) is 0 Å². The lowest BCUT2D eigenvalue weighted by Gasteiger charge is -2.32. The minimum Gasteiger partial charge on any atom is -0.341 e. The largest absolute Gasteiger partial charge is 0.341 e. The van der Waals surface area contributed by atoms with Crippen molar-refractivity contribution in [2.75, 3.05) is 26.2 Å². The van der Waals surface area contributed by atoms with Crippen molar-refractivity contribution in [1.29, 1.82) is 0 Å². The normalized spacial score (nSPS) is 16.7. The number of amides is 1. The zero-order valence-electron chi connectivity index (χ0n) is 15.4. The lowest BCUT2D eigenvalue weighted by Crippen LogP contribution is -2.45. The van der Waals surface area contributed by atoms with Crippen LogP contribution < -0.4 is 0 Å². The molecule has 1 saturated heterocycles. The second-order valence-electron chi connectivity index (χ2n) is 7.39. The third-order valence-corrected chi connectivity index (χ3v) is 5.69. The number of aryl methyl sites for hydroxylation is 1. The topological polar surface area (TPSA) is 36.4 Å². The molecule has 5 heteroatoms. The fourth-order valence-corrected chi connectivity index (χ4v) is 3.92. The Morgan fingerprint density at radius 2 is 1.92 bits per heavy atom. The fourth-order valence-electron chi connectivity index (χ4n) is 3.37. The predicted molar refractivity (Wildman–Crippen MR) is 103 cm³/mol. The zero-order chi connectivity index (χ0) is 17.9. The molecule has 1 aliphatic rings. The summed E-state index contributed by atoms with van der Waals surface area (Å²) in [6.07, 6.45) is 1.01. The van der Waals surface area contributed by atoms with E-state index in [9.17, 15) is 4.79 Å². The van der Waals surface area contributed by atoms with Crippen molar-refractivity contribution in [3.05, 3.63) is 52.0 Å². The van der Waals surface area contributed by atoms with Crippen molar-refractivity contribution in [2.45, 2.75) is 39.2 Å². The summed E-state index contributed by atoms with van der Waals surface area (Å²) in [5.41, 5.74) is 4.83. The van der Waals surface area contributed by atoms with E-state index in [2.05, 4.69) is 46.5 Å². The molecular formula is C20H27N3OS. The smallest absolute Gasteiger partial charge is 0.232 e. The molecule has 0 radical (unpaired) electrons. The molecule has 0 spiro atoms. The first kappa shape index (κ1) is 18.1. The van der Waals surface area contributed by atoms with E-state index in [1.54, 1.807) is 11.3 Å². The van der Waals surface area contributed by atoms with Crippen LogP contribution in [0.4, 0.5) is 0 Å². The van der Waals surface area contributed by atoms with Crippen molar-refractivity contribution in [2.24, 2.45) is 0 Å². The Balaban J connectivity index is 1.64. The van der Waals surface area contributed by atoms with E-state index in [0.717, 1.165) is 50.4 Å². The van der Waals surface area contributed by atoms with Crippen LogP contribution in [0.1, 0.15) is 37.1 Å². The lowest BCUT2D eigenvalue weighted by atomic mass is 9.82. The molecule has 0 unspecified atom stereocenters. The van der Waals surface area contributed by atoms with Gasteiger partial charge in [-0.1, -0.05) is 29.8 Å². The number of carbonyl (C=O) groups is 1. The van der Waals surface area contributed by atoms with Crippen LogP contribution in [0.15, 0.2) is 35.2 Å². The van der Waals surface area contributed by atoms with Crippen LogP contribution in [-0.2, 0) is 16.8 Å². The maximum absolute atomic E-state index is 13.2. The van der Waals surface area contributed by atoms with E-state index in [1.165, 1.54) is 5.56 Å². The molecule has 0 atom stereocenters. The number of hydrogen-bond donors (Lipinski definition) is 0. The van der Waals surface area contributed by atoms with Gasteiger partial charge in [-0.3, -0.25) is 9.69 Å². The zero-order valence-corrected chi connectivity index (χ0v) is 16.2. The van der Waals surface area contributed by atoms with Crippen LogP contribution in [0.3, 0.4) is 0 Å². The predicted octanol–water partition coefficient (Wildman–Crippen LogP) is 3.46. The molecule has 25 heavy (non-hydrogen) atoms. The highest BCUT2D eigenvalue weighted by molar-refractivity contribution is 7.07. The van der Waals surface area contributed by atoms with Gasteiger partial charge in [0, 0.05) is 38.1 Å². The molecule has 0 bridgehead atoms. The Labute approximate surface area is 154 Å². The van der Waals surface area contributed by atoms with Crippen molar-refractivity contribution in [1.82, 2.24) is 14.8 Å². The summed E-state index contributed by atoms with van der Waals surface area (Å²) in [5.74, 6) is 0.229. The highest BCUT2D eigenvalue weighted by Gasteiger charge is 2.34. The van der Waals surface area contributed by atoms with E-state index >= 15 is 0 Å². The fraction of sp³-hybridized carbons (Fsp3) is 0.500. The average molecular weight is 358 g/mol. The quantitative estimate of drug-likeness (QED) is 0.841. The highest BCUT2D eigenvalue weighted by Crippen LogP contribution is 2.26. The molecule has 1 aliphatic heterocycles. The van der Waals surface area contributed by atoms with Crippen LogP contribution in [0.5, 0.6) is 0 Å². The summed E-state index contributed by atoms with van der Waals surface area (Å²) in [6, 6.07) is 8.34. The van der Waals surface area contributed by atoms with Crippen LogP contribution in [0, 0.1) is 6.92 Å². The number of benzene rings is 1. The van der Waals surface area contributed by atoms with E-state index in [4.69, 9.17) is 0 Å². The minimum absolute atomic E-state index is 0.229.